The Morgan fingerprint density at radius 2 is 1.76 bits per heavy atom. The van der Waals surface area contributed by atoms with E-state index in [4.69, 9.17) is 14.2 Å². The van der Waals surface area contributed by atoms with Gasteiger partial charge in [-0.3, -0.25) is 4.79 Å². The number of rotatable bonds is 6. The zero-order valence-electron chi connectivity index (χ0n) is 11.8. The summed E-state index contributed by atoms with van der Waals surface area (Å²) in [6.45, 7) is -0.0184. The Balaban J connectivity index is 2.06. The first-order valence-corrected chi connectivity index (χ1v) is 7.36. The molecule has 2 rings (SSSR count). The SMILES string of the molecule is COc1ccc(OCC(=O)c2ccccc2I)cc1OC. The Kier molecular flexibility index (Phi) is 5.44. The number of Topliss-reactive ketones (excluding diaryl/α,β-unsaturated/α-hetero) is 1. The Labute approximate surface area is 137 Å². The quantitative estimate of drug-likeness (QED) is 0.552. The fraction of sp³-hybridized carbons (Fsp3) is 0.188. The van der Waals surface area contributed by atoms with E-state index in [9.17, 15) is 4.79 Å². The van der Waals surface area contributed by atoms with Crippen LogP contribution in [0.25, 0.3) is 0 Å². The molecule has 0 aliphatic rings. The van der Waals surface area contributed by atoms with Crippen LogP contribution in [0.1, 0.15) is 10.4 Å². The highest BCUT2D eigenvalue weighted by Gasteiger charge is 2.11. The lowest BCUT2D eigenvalue weighted by Gasteiger charge is -2.11. The smallest absolute Gasteiger partial charge is 0.201 e. The predicted molar refractivity (Wildman–Crippen MR) is 88.5 cm³/mol. The molecular weight excluding hydrogens is 383 g/mol. The lowest BCUT2D eigenvalue weighted by Crippen LogP contribution is -2.12. The molecule has 2 aromatic rings. The third-order valence-corrected chi connectivity index (χ3v) is 3.84. The fourth-order valence-corrected chi connectivity index (χ4v) is 2.51. The van der Waals surface area contributed by atoms with E-state index in [2.05, 4.69) is 22.6 Å². The third-order valence-electron chi connectivity index (χ3n) is 2.90. The van der Waals surface area contributed by atoms with Crippen LogP contribution in [-0.4, -0.2) is 26.6 Å². The van der Waals surface area contributed by atoms with Gasteiger partial charge in [-0.15, -0.1) is 0 Å². The van der Waals surface area contributed by atoms with Gasteiger partial charge >= 0.3 is 0 Å². The molecule has 2 aromatic carbocycles. The van der Waals surface area contributed by atoms with Gasteiger partial charge in [0.25, 0.3) is 0 Å². The summed E-state index contributed by atoms with van der Waals surface area (Å²) in [5.41, 5.74) is 0.665. The van der Waals surface area contributed by atoms with E-state index >= 15 is 0 Å². The van der Waals surface area contributed by atoms with E-state index in [0.717, 1.165) is 3.57 Å². The second-order valence-electron chi connectivity index (χ2n) is 4.21. The average molecular weight is 398 g/mol. The number of ether oxygens (including phenoxy) is 3. The van der Waals surface area contributed by atoms with Gasteiger partial charge in [0, 0.05) is 15.2 Å². The Morgan fingerprint density at radius 3 is 2.43 bits per heavy atom. The maximum absolute atomic E-state index is 12.1. The van der Waals surface area contributed by atoms with Gasteiger partial charge in [0.15, 0.2) is 18.1 Å². The Morgan fingerprint density at radius 1 is 1.05 bits per heavy atom. The van der Waals surface area contributed by atoms with E-state index in [1.54, 1.807) is 38.5 Å². The van der Waals surface area contributed by atoms with Gasteiger partial charge in [-0.25, -0.2) is 0 Å². The van der Waals surface area contributed by atoms with Gasteiger partial charge in [0.2, 0.25) is 5.78 Å². The highest BCUT2D eigenvalue weighted by molar-refractivity contribution is 14.1. The van der Waals surface area contributed by atoms with Crippen molar-refractivity contribution in [2.24, 2.45) is 0 Å². The van der Waals surface area contributed by atoms with Crippen LogP contribution in [0.15, 0.2) is 42.5 Å². The molecule has 5 heteroatoms. The topological polar surface area (TPSA) is 44.8 Å². The first kappa shape index (κ1) is 15.6. The van der Waals surface area contributed by atoms with Crippen LogP contribution in [0.5, 0.6) is 17.2 Å². The van der Waals surface area contributed by atoms with Crippen LogP contribution in [0.3, 0.4) is 0 Å². The van der Waals surface area contributed by atoms with Crippen LogP contribution < -0.4 is 14.2 Å². The molecule has 0 aliphatic carbocycles. The zero-order valence-corrected chi connectivity index (χ0v) is 13.9. The molecule has 0 atom stereocenters. The van der Waals surface area contributed by atoms with Crippen molar-refractivity contribution < 1.29 is 19.0 Å². The Hall–Kier alpha value is -1.76. The first-order chi connectivity index (χ1) is 10.2. The summed E-state index contributed by atoms with van der Waals surface area (Å²) in [6, 6.07) is 12.6. The molecular formula is C16H15IO4. The summed E-state index contributed by atoms with van der Waals surface area (Å²) in [4.78, 5) is 12.1. The first-order valence-electron chi connectivity index (χ1n) is 6.28. The lowest BCUT2D eigenvalue weighted by atomic mass is 10.1. The van der Waals surface area contributed by atoms with E-state index in [-0.39, 0.29) is 12.4 Å². The van der Waals surface area contributed by atoms with Gasteiger partial charge in [0.05, 0.1) is 14.2 Å². The summed E-state index contributed by atoms with van der Waals surface area (Å²) in [6.07, 6.45) is 0. The minimum absolute atomic E-state index is 0.0184. The molecule has 0 unspecified atom stereocenters. The normalized spacial score (nSPS) is 10.0. The highest BCUT2D eigenvalue weighted by atomic mass is 127. The van der Waals surface area contributed by atoms with Crippen LogP contribution in [0.2, 0.25) is 0 Å². The van der Waals surface area contributed by atoms with Gasteiger partial charge in [-0.1, -0.05) is 18.2 Å². The van der Waals surface area contributed by atoms with Gasteiger partial charge < -0.3 is 14.2 Å². The molecule has 0 saturated heterocycles. The van der Waals surface area contributed by atoms with Crippen molar-refractivity contribution in [2.75, 3.05) is 20.8 Å². The van der Waals surface area contributed by atoms with E-state index in [0.29, 0.717) is 22.8 Å². The van der Waals surface area contributed by atoms with Crippen molar-refractivity contribution in [2.45, 2.75) is 0 Å². The van der Waals surface area contributed by atoms with Crippen LogP contribution in [-0.2, 0) is 0 Å². The zero-order chi connectivity index (χ0) is 15.2. The number of hydrogen-bond donors (Lipinski definition) is 0. The summed E-state index contributed by atoms with van der Waals surface area (Å²) < 4.78 is 16.8. The van der Waals surface area contributed by atoms with Crippen molar-refractivity contribution in [1.82, 2.24) is 0 Å². The maximum Gasteiger partial charge on any atom is 0.201 e. The lowest BCUT2D eigenvalue weighted by molar-refractivity contribution is 0.0920. The summed E-state index contributed by atoms with van der Waals surface area (Å²) in [7, 11) is 3.12. The summed E-state index contributed by atoms with van der Waals surface area (Å²) in [5, 5.41) is 0. The largest absolute Gasteiger partial charge is 0.493 e. The van der Waals surface area contributed by atoms with Gasteiger partial charge in [-0.2, -0.15) is 0 Å². The van der Waals surface area contributed by atoms with Gasteiger partial charge in [0.1, 0.15) is 5.75 Å². The number of carbonyl (C=O) groups excluding carboxylic acids is 1. The molecule has 0 aromatic heterocycles. The van der Waals surface area contributed by atoms with E-state index in [1.165, 1.54) is 0 Å². The van der Waals surface area contributed by atoms with Crippen LogP contribution >= 0.6 is 22.6 Å². The molecule has 0 fully saturated rings. The van der Waals surface area contributed by atoms with Crippen LogP contribution in [0.4, 0.5) is 0 Å². The van der Waals surface area contributed by atoms with Gasteiger partial charge in [-0.05, 0) is 40.8 Å². The molecule has 4 nitrogen and oxygen atoms in total. The Bertz CT molecular complexity index is 640. The maximum atomic E-state index is 12.1. The van der Waals surface area contributed by atoms with Crippen molar-refractivity contribution in [3.8, 4) is 17.2 Å². The molecule has 21 heavy (non-hydrogen) atoms. The number of ketones is 1. The number of hydrogen-bond acceptors (Lipinski definition) is 4. The van der Waals surface area contributed by atoms with E-state index < -0.39 is 0 Å². The molecule has 0 aliphatic heterocycles. The van der Waals surface area contributed by atoms with Crippen molar-refractivity contribution in [3.63, 3.8) is 0 Å². The minimum atomic E-state index is -0.0604. The predicted octanol–water partition coefficient (Wildman–Crippen LogP) is 3.57. The number of halogens is 1. The number of benzene rings is 2. The van der Waals surface area contributed by atoms with Crippen LogP contribution in [0, 0.1) is 3.57 Å². The number of carbonyl (C=O) groups is 1. The minimum Gasteiger partial charge on any atom is -0.493 e. The van der Waals surface area contributed by atoms with Crippen molar-refractivity contribution in [1.29, 1.82) is 0 Å². The molecule has 0 amide bonds. The van der Waals surface area contributed by atoms with Crippen molar-refractivity contribution in [3.05, 3.63) is 51.6 Å². The monoisotopic (exact) mass is 398 g/mol. The molecule has 110 valence electrons. The molecule has 0 saturated carbocycles. The molecule has 0 bridgehead atoms. The average Bonchev–Trinajstić information content (AvgIpc) is 2.52. The standard InChI is InChI=1S/C16H15IO4/c1-19-15-8-7-11(9-16(15)20-2)21-10-14(18)12-5-3-4-6-13(12)17/h3-9H,10H2,1-2H3. The van der Waals surface area contributed by atoms with E-state index in [1.807, 2.05) is 18.2 Å². The fourth-order valence-electron chi connectivity index (χ4n) is 1.82. The second kappa shape index (κ2) is 7.31. The molecule has 0 spiro atoms. The highest BCUT2D eigenvalue weighted by Crippen LogP contribution is 2.30. The molecule has 0 N–H and O–H groups in total. The summed E-state index contributed by atoms with van der Waals surface area (Å²) >= 11 is 2.14. The number of methoxy groups -OCH3 is 2. The third kappa shape index (κ3) is 3.87. The van der Waals surface area contributed by atoms with Crippen molar-refractivity contribution >= 4 is 28.4 Å². The molecule has 0 radical (unpaired) electrons. The molecule has 0 heterocycles. The second-order valence-corrected chi connectivity index (χ2v) is 5.37. The summed E-state index contributed by atoms with van der Waals surface area (Å²) in [5.74, 6) is 1.69.